The molecule has 2 heterocycles. The molecule has 1 N–H and O–H groups in total. The molecule has 7 heteroatoms. The molecule has 3 aromatic carbocycles. The number of fused-ring (bicyclic) bond motifs is 2. The minimum absolute atomic E-state index is 0.337. The maximum Gasteiger partial charge on any atom is 0.290 e. The summed E-state index contributed by atoms with van der Waals surface area (Å²) in [6.07, 6.45) is 2.39. The molecule has 3 aromatic rings. The maximum atomic E-state index is 11.9. The van der Waals surface area contributed by atoms with Crippen LogP contribution in [0.2, 0.25) is 0 Å². The summed E-state index contributed by atoms with van der Waals surface area (Å²) in [6, 6.07) is 24.2. The molecule has 0 radical (unpaired) electrons. The third-order valence-corrected chi connectivity index (χ3v) is 7.04. The molecule has 0 saturated carbocycles. The molecule has 2 amide bonds. The van der Waals surface area contributed by atoms with Crippen LogP contribution in [-0.2, 0) is 22.7 Å². The van der Waals surface area contributed by atoms with Crippen molar-refractivity contribution in [3.8, 4) is 0 Å². The zero-order valence-electron chi connectivity index (χ0n) is 16.9. The average Bonchev–Trinajstić information content (AvgIpc) is 3.03. The van der Waals surface area contributed by atoms with Gasteiger partial charge >= 0.3 is 0 Å². The van der Waals surface area contributed by atoms with Crippen LogP contribution in [0.25, 0.3) is 6.08 Å². The van der Waals surface area contributed by atoms with E-state index in [0.717, 1.165) is 49.5 Å². The van der Waals surface area contributed by atoms with E-state index in [1.54, 1.807) is 17.8 Å². The van der Waals surface area contributed by atoms with Crippen LogP contribution >= 0.6 is 23.5 Å². The fourth-order valence-corrected chi connectivity index (χ4v) is 5.33. The molecule has 32 heavy (non-hydrogen) atoms. The molecule has 0 unspecified atom stereocenters. The normalized spacial score (nSPS) is 17.6. The highest BCUT2D eigenvalue weighted by atomic mass is 32.2. The Kier molecular flexibility index (Phi) is 5.83. The summed E-state index contributed by atoms with van der Waals surface area (Å²) >= 11 is 2.60. The Labute approximate surface area is 193 Å². The lowest BCUT2D eigenvalue weighted by Gasteiger charge is -2.07. The van der Waals surface area contributed by atoms with Gasteiger partial charge in [0.25, 0.3) is 11.1 Å². The second-order valence-corrected chi connectivity index (χ2v) is 9.39. The van der Waals surface area contributed by atoms with E-state index in [0.29, 0.717) is 17.9 Å². The van der Waals surface area contributed by atoms with Gasteiger partial charge < -0.3 is 4.84 Å². The molecular formula is C25H18N2O3S2. The smallest absolute Gasteiger partial charge is 0.290 e. The SMILES string of the molecule is O=C1NC(=O)/C(=C/c2ccc3c(c2)Sc2ccccc2/C(=N\OCc2ccccc2)C3)S1. The Morgan fingerprint density at radius 3 is 2.56 bits per heavy atom. The Hall–Kier alpha value is -3.29. The lowest BCUT2D eigenvalue weighted by molar-refractivity contribution is -0.115. The third kappa shape index (κ3) is 4.49. The van der Waals surface area contributed by atoms with E-state index in [1.165, 1.54) is 0 Å². The lowest BCUT2D eigenvalue weighted by Crippen LogP contribution is -2.17. The number of nitrogens with zero attached hydrogens (tertiary/aromatic N) is 1. The Balaban J connectivity index is 1.45. The molecule has 0 bridgehead atoms. The van der Waals surface area contributed by atoms with Gasteiger partial charge in [-0.2, -0.15) is 0 Å². The standard InChI is InChI=1S/C25H18N2O3S2/c28-24-23(32-25(29)26-24)13-17-10-11-18-14-20(27-30-15-16-6-2-1-3-7-16)19-8-4-5-9-21(19)31-22(18)12-17/h1-13H,14-15H2,(H,26,28,29)/b23-13-,27-20-. The van der Waals surface area contributed by atoms with Gasteiger partial charge in [-0.1, -0.05) is 77.6 Å². The highest BCUT2D eigenvalue weighted by molar-refractivity contribution is 8.18. The van der Waals surface area contributed by atoms with Gasteiger partial charge in [-0.25, -0.2) is 0 Å². The summed E-state index contributed by atoms with van der Waals surface area (Å²) in [7, 11) is 0. The minimum atomic E-state index is -0.349. The van der Waals surface area contributed by atoms with Crippen molar-refractivity contribution in [3.63, 3.8) is 0 Å². The molecule has 1 fully saturated rings. The number of hydrogen-bond acceptors (Lipinski definition) is 6. The van der Waals surface area contributed by atoms with Crippen LogP contribution in [0.1, 0.15) is 22.3 Å². The van der Waals surface area contributed by atoms with Crippen LogP contribution < -0.4 is 5.32 Å². The van der Waals surface area contributed by atoms with E-state index in [4.69, 9.17) is 4.84 Å². The summed E-state index contributed by atoms with van der Waals surface area (Å²) in [5, 5.41) is 6.45. The average molecular weight is 459 g/mol. The molecule has 2 aliphatic heterocycles. The van der Waals surface area contributed by atoms with Crippen LogP contribution in [0.3, 0.4) is 0 Å². The molecular weight excluding hydrogens is 440 g/mol. The fourth-order valence-electron chi connectivity index (χ4n) is 3.50. The molecule has 0 aliphatic carbocycles. The minimum Gasteiger partial charge on any atom is -0.391 e. The number of carbonyl (C=O) groups is 2. The number of benzene rings is 3. The van der Waals surface area contributed by atoms with E-state index < -0.39 is 0 Å². The molecule has 0 spiro atoms. The fraction of sp³-hybridized carbons (Fsp3) is 0.0800. The first-order chi connectivity index (χ1) is 15.7. The van der Waals surface area contributed by atoms with E-state index in [1.807, 2.05) is 60.7 Å². The monoisotopic (exact) mass is 458 g/mol. The zero-order chi connectivity index (χ0) is 21.9. The molecule has 2 aliphatic rings. The van der Waals surface area contributed by atoms with Crippen LogP contribution in [0.5, 0.6) is 0 Å². The van der Waals surface area contributed by atoms with Gasteiger partial charge in [-0.15, -0.1) is 0 Å². The number of amides is 2. The van der Waals surface area contributed by atoms with Crippen molar-refractivity contribution in [2.24, 2.45) is 5.16 Å². The number of carbonyl (C=O) groups excluding carboxylic acids is 2. The van der Waals surface area contributed by atoms with E-state index >= 15 is 0 Å². The van der Waals surface area contributed by atoms with Crippen molar-refractivity contribution in [2.45, 2.75) is 22.8 Å². The predicted molar refractivity (Wildman–Crippen MR) is 128 cm³/mol. The zero-order valence-corrected chi connectivity index (χ0v) is 18.5. The highest BCUT2D eigenvalue weighted by Crippen LogP contribution is 2.38. The van der Waals surface area contributed by atoms with Crippen LogP contribution in [0.15, 0.2) is 92.6 Å². The summed E-state index contributed by atoms with van der Waals surface area (Å²) in [6.45, 7) is 0.414. The van der Waals surface area contributed by atoms with Crippen molar-refractivity contribution in [2.75, 3.05) is 0 Å². The Morgan fingerprint density at radius 1 is 0.938 bits per heavy atom. The van der Waals surface area contributed by atoms with Crippen molar-refractivity contribution < 1.29 is 14.4 Å². The van der Waals surface area contributed by atoms with Gasteiger partial charge in [0.2, 0.25) is 0 Å². The molecule has 1 saturated heterocycles. The Morgan fingerprint density at radius 2 is 1.75 bits per heavy atom. The first-order valence-electron chi connectivity index (χ1n) is 10.0. The largest absolute Gasteiger partial charge is 0.391 e. The number of oxime groups is 1. The number of imide groups is 1. The first-order valence-corrected chi connectivity index (χ1v) is 11.7. The molecule has 0 aromatic heterocycles. The van der Waals surface area contributed by atoms with Crippen molar-refractivity contribution in [1.82, 2.24) is 5.32 Å². The van der Waals surface area contributed by atoms with Crippen LogP contribution in [-0.4, -0.2) is 16.9 Å². The van der Waals surface area contributed by atoms with Gasteiger partial charge in [0, 0.05) is 21.8 Å². The van der Waals surface area contributed by atoms with Crippen LogP contribution in [0.4, 0.5) is 4.79 Å². The number of rotatable bonds is 4. The number of hydrogen-bond donors (Lipinski definition) is 1. The summed E-state index contributed by atoms with van der Waals surface area (Å²) in [5.74, 6) is -0.349. The topological polar surface area (TPSA) is 67.8 Å². The van der Waals surface area contributed by atoms with E-state index in [-0.39, 0.29) is 11.1 Å². The quantitative estimate of drug-likeness (QED) is 0.405. The number of nitrogens with one attached hydrogen (secondary N) is 1. The summed E-state index contributed by atoms with van der Waals surface area (Å²) in [5.41, 5.74) is 5.01. The second kappa shape index (κ2) is 9.06. The lowest BCUT2D eigenvalue weighted by atomic mass is 10.0. The highest BCUT2D eigenvalue weighted by Gasteiger charge is 2.25. The van der Waals surface area contributed by atoms with E-state index in [9.17, 15) is 9.59 Å². The predicted octanol–water partition coefficient (Wildman–Crippen LogP) is 5.64. The molecule has 5 nitrogen and oxygen atoms in total. The van der Waals surface area contributed by atoms with Gasteiger partial charge in [0.15, 0.2) is 0 Å². The summed E-state index contributed by atoms with van der Waals surface area (Å²) in [4.78, 5) is 31.6. The third-order valence-electron chi connectivity index (χ3n) is 5.06. The maximum absolute atomic E-state index is 11.9. The molecule has 0 atom stereocenters. The first kappa shape index (κ1) is 20.6. The van der Waals surface area contributed by atoms with Crippen molar-refractivity contribution >= 4 is 46.5 Å². The van der Waals surface area contributed by atoms with Gasteiger partial charge in [0.1, 0.15) is 6.61 Å². The number of thioether (sulfide) groups is 1. The van der Waals surface area contributed by atoms with Gasteiger partial charge in [0.05, 0.1) is 10.6 Å². The second-order valence-electron chi connectivity index (χ2n) is 7.29. The van der Waals surface area contributed by atoms with Crippen molar-refractivity contribution in [3.05, 3.63) is 100.0 Å². The Bertz CT molecular complexity index is 1270. The van der Waals surface area contributed by atoms with Crippen LogP contribution in [0, 0.1) is 0 Å². The van der Waals surface area contributed by atoms with Gasteiger partial charge in [-0.05, 0) is 46.7 Å². The van der Waals surface area contributed by atoms with Crippen molar-refractivity contribution in [1.29, 1.82) is 0 Å². The molecule has 158 valence electrons. The molecule has 5 rings (SSSR count). The summed E-state index contributed by atoms with van der Waals surface area (Å²) < 4.78 is 0. The van der Waals surface area contributed by atoms with E-state index in [2.05, 4.69) is 22.6 Å². The van der Waals surface area contributed by atoms with Gasteiger partial charge in [-0.3, -0.25) is 14.9 Å².